The topological polar surface area (TPSA) is 81.3 Å². The molecule has 0 spiro atoms. The number of aromatic nitrogens is 3. The van der Waals surface area contributed by atoms with E-state index in [1.54, 1.807) is 36.7 Å². The first kappa shape index (κ1) is 17.9. The average molecular weight is 390 g/mol. The van der Waals surface area contributed by atoms with E-state index in [1.807, 2.05) is 0 Å². The Morgan fingerprint density at radius 1 is 1.00 bits per heavy atom. The Morgan fingerprint density at radius 2 is 1.79 bits per heavy atom. The number of nitrogens with zero attached hydrogens (tertiary/aromatic N) is 2. The van der Waals surface area contributed by atoms with Crippen molar-refractivity contribution in [3.8, 4) is 22.9 Å². The first-order valence-corrected chi connectivity index (χ1v) is 8.09. The Kier molecular flexibility index (Phi) is 4.62. The van der Waals surface area contributed by atoms with Crippen LogP contribution in [0.5, 0.6) is 11.5 Å². The third-order valence-electron chi connectivity index (χ3n) is 3.77. The second-order valence-corrected chi connectivity index (χ2v) is 5.74. The van der Waals surface area contributed by atoms with Crippen LogP contribution in [0.1, 0.15) is 11.7 Å². The molecular formula is C18H13F3N4O3. The highest BCUT2D eigenvalue weighted by molar-refractivity contribution is 5.53. The molecule has 0 amide bonds. The van der Waals surface area contributed by atoms with Gasteiger partial charge in [-0.1, -0.05) is 12.1 Å². The molecule has 1 atom stereocenters. The quantitative estimate of drug-likeness (QED) is 0.689. The molecule has 28 heavy (non-hydrogen) atoms. The van der Waals surface area contributed by atoms with Gasteiger partial charge in [-0.2, -0.15) is 5.10 Å². The predicted molar refractivity (Wildman–Crippen MR) is 90.6 cm³/mol. The smallest absolute Gasteiger partial charge is 0.438 e. The van der Waals surface area contributed by atoms with Crippen molar-refractivity contribution in [2.45, 2.75) is 12.5 Å². The van der Waals surface area contributed by atoms with Crippen LogP contribution in [-0.4, -0.2) is 21.5 Å². The summed E-state index contributed by atoms with van der Waals surface area (Å²) in [4.78, 5) is 9.66. The molecule has 0 saturated heterocycles. The van der Waals surface area contributed by atoms with Crippen molar-refractivity contribution in [1.29, 1.82) is 0 Å². The van der Waals surface area contributed by atoms with Gasteiger partial charge in [0, 0.05) is 12.3 Å². The van der Waals surface area contributed by atoms with E-state index in [2.05, 4.69) is 25.4 Å². The number of hydrogen-bond donors (Lipinski definition) is 2. The first-order chi connectivity index (χ1) is 13.5. The summed E-state index contributed by atoms with van der Waals surface area (Å²) in [5, 5.41) is 6.69. The molecule has 4 rings (SSSR count). The summed E-state index contributed by atoms with van der Waals surface area (Å²) < 4.78 is 46.1. The van der Waals surface area contributed by atoms with Crippen LogP contribution < -0.4 is 15.0 Å². The lowest BCUT2D eigenvalue weighted by molar-refractivity contribution is -0.274. The number of aromatic amines is 1. The van der Waals surface area contributed by atoms with Crippen LogP contribution in [0.25, 0.3) is 11.4 Å². The van der Waals surface area contributed by atoms with Crippen molar-refractivity contribution in [1.82, 2.24) is 20.7 Å². The number of ether oxygens (including phenoxy) is 2. The number of rotatable bonds is 5. The van der Waals surface area contributed by atoms with E-state index in [1.165, 1.54) is 24.3 Å². The molecule has 0 radical (unpaired) electrons. The van der Waals surface area contributed by atoms with Crippen LogP contribution >= 0.6 is 0 Å². The largest absolute Gasteiger partial charge is 0.573 e. The third kappa shape index (κ3) is 4.23. The molecule has 0 fully saturated rings. The monoisotopic (exact) mass is 390 g/mol. The lowest BCUT2D eigenvalue weighted by Gasteiger charge is -2.11. The molecule has 1 unspecified atom stereocenters. The minimum Gasteiger partial charge on any atom is -0.438 e. The lowest BCUT2D eigenvalue weighted by Crippen LogP contribution is -2.17. The highest BCUT2D eigenvalue weighted by atomic mass is 19.4. The van der Waals surface area contributed by atoms with Crippen LogP contribution in [0.2, 0.25) is 0 Å². The molecule has 3 heterocycles. The van der Waals surface area contributed by atoms with Gasteiger partial charge in [-0.05, 0) is 35.9 Å². The normalized spacial score (nSPS) is 16.4. The van der Waals surface area contributed by atoms with Gasteiger partial charge in [0.2, 0.25) is 5.88 Å². The Morgan fingerprint density at radius 3 is 2.43 bits per heavy atom. The Bertz CT molecular complexity index is 955. The highest BCUT2D eigenvalue weighted by Gasteiger charge is 2.31. The number of nitrogens with one attached hydrogen (secondary N) is 2. The van der Waals surface area contributed by atoms with Gasteiger partial charge >= 0.3 is 6.36 Å². The first-order valence-electron chi connectivity index (χ1n) is 8.09. The molecule has 7 nitrogen and oxygen atoms in total. The van der Waals surface area contributed by atoms with Gasteiger partial charge in [-0.15, -0.1) is 13.2 Å². The van der Waals surface area contributed by atoms with E-state index in [0.717, 1.165) is 5.69 Å². The maximum atomic E-state index is 12.2. The van der Waals surface area contributed by atoms with E-state index < -0.39 is 12.5 Å². The van der Waals surface area contributed by atoms with E-state index in [9.17, 15) is 13.2 Å². The molecule has 0 saturated carbocycles. The fourth-order valence-electron chi connectivity index (χ4n) is 2.53. The Balaban J connectivity index is 1.40. The van der Waals surface area contributed by atoms with Crippen molar-refractivity contribution >= 4 is 0 Å². The van der Waals surface area contributed by atoms with Crippen LogP contribution in [0.3, 0.4) is 0 Å². The SMILES string of the molecule is FC(F)(F)Oc1ccc(C2C=C(Oc3ccc(-c4ccn[nH]4)nc3)NO2)cc1. The number of hydroxylamine groups is 1. The van der Waals surface area contributed by atoms with Gasteiger partial charge in [0.15, 0.2) is 0 Å². The molecule has 1 aliphatic heterocycles. The van der Waals surface area contributed by atoms with Gasteiger partial charge in [0.1, 0.15) is 17.6 Å². The Hall–Kier alpha value is -3.53. The lowest BCUT2D eigenvalue weighted by atomic mass is 10.1. The van der Waals surface area contributed by atoms with Crippen molar-refractivity contribution in [3.63, 3.8) is 0 Å². The zero-order valence-corrected chi connectivity index (χ0v) is 14.1. The molecule has 2 aromatic heterocycles. The molecule has 3 aromatic rings. The number of H-pyrrole nitrogens is 1. The van der Waals surface area contributed by atoms with Crippen molar-refractivity contribution in [2.24, 2.45) is 0 Å². The van der Waals surface area contributed by atoms with E-state index in [-0.39, 0.29) is 5.75 Å². The van der Waals surface area contributed by atoms with Crippen molar-refractivity contribution in [2.75, 3.05) is 0 Å². The number of hydrogen-bond acceptors (Lipinski definition) is 6. The van der Waals surface area contributed by atoms with Gasteiger partial charge in [-0.3, -0.25) is 14.9 Å². The standard InChI is InChI=1S/C18H13F3N4O3/c19-18(20,21)27-12-3-1-11(2-4-12)16-9-17(25-28-16)26-13-5-6-14(22-10-13)15-7-8-23-24-15/h1-10,16,25H,(H,23,24). The second-order valence-electron chi connectivity index (χ2n) is 5.74. The molecular weight excluding hydrogens is 377 g/mol. The summed E-state index contributed by atoms with van der Waals surface area (Å²) in [7, 11) is 0. The maximum absolute atomic E-state index is 12.2. The van der Waals surface area contributed by atoms with Crippen LogP contribution in [-0.2, 0) is 4.84 Å². The maximum Gasteiger partial charge on any atom is 0.573 e. The number of alkyl halides is 3. The summed E-state index contributed by atoms with van der Waals surface area (Å²) in [6, 6.07) is 10.7. The van der Waals surface area contributed by atoms with E-state index in [0.29, 0.717) is 22.9 Å². The summed E-state index contributed by atoms with van der Waals surface area (Å²) in [5.41, 5.74) is 4.76. The fourth-order valence-corrected chi connectivity index (χ4v) is 2.53. The molecule has 1 aromatic carbocycles. The van der Waals surface area contributed by atoms with Gasteiger partial charge in [-0.25, -0.2) is 5.48 Å². The number of pyridine rings is 1. The van der Waals surface area contributed by atoms with Crippen LogP contribution in [0, 0.1) is 0 Å². The fraction of sp³-hybridized carbons (Fsp3) is 0.111. The predicted octanol–water partition coefficient (Wildman–Crippen LogP) is 3.87. The molecule has 10 heteroatoms. The van der Waals surface area contributed by atoms with Crippen LogP contribution in [0.4, 0.5) is 13.2 Å². The van der Waals surface area contributed by atoms with Crippen molar-refractivity contribution in [3.05, 3.63) is 72.4 Å². The van der Waals surface area contributed by atoms with Gasteiger partial charge < -0.3 is 9.47 Å². The minimum absolute atomic E-state index is 0.300. The molecule has 0 aliphatic carbocycles. The minimum atomic E-state index is -4.73. The molecule has 1 aliphatic rings. The summed E-state index contributed by atoms with van der Waals surface area (Å²) in [5.74, 6) is 0.531. The summed E-state index contributed by atoms with van der Waals surface area (Å²) in [6.07, 6.45) is -0.410. The van der Waals surface area contributed by atoms with Crippen molar-refractivity contribution < 1.29 is 27.5 Å². The summed E-state index contributed by atoms with van der Waals surface area (Å²) >= 11 is 0. The van der Waals surface area contributed by atoms with Gasteiger partial charge in [0.05, 0.1) is 17.6 Å². The zero-order chi connectivity index (χ0) is 19.6. The average Bonchev–Trinajstić information content (AvgIpc) is 3.34. The second kappa shape index (κ2) is 7.24. The van der Waals surface area contributed by atoms with Gasteiger partial charge in [0.25, 0.3) is 0 Å². The molecule has 2 N–H and O–H groups in total. The molecule has 0 bridgehead atoms. The third-order valence-corrected chi connectivity index (χ3v) is 3.77. The summed E-state index contributed by atoms with van der Waals surface area (Å²) in [6.45, 7) is 0. The highest BCUT2D eigenvalue weighted by Crippen LogP contribution is 2.29. The molecule has 144 valence electrons. The number of benzene rings is 1. The van der Waals surface area contributed by atoms with E-state index in [4.69, 9.17) is 9.57 Å². The van der Waals surface area contributed by atoms with Crippen LogP contribution in [0.15, 0.2) is 66.8 Å². The Labute approximate surface area is 156 Å². The van der Waals surface area contributed by atoms with E-state index >= 15 is 0 Å². The zero-order valence-electron chi connectivity index (χ0n) is 14.1. The number of halogens is 3.